The van der Waals surface area contributed by atoms with Crippen molar-refractivity contribution in [2.45, 2.75) is 63.1 Å². The van der Waals surface area contributed by atoms with Crippen molar-refractivity contribution in [2.24, 2.45) is 5.41 Å². The van der Waals surface area contributed by atoms with Gasteiger partial charge in [0.25, 0.3) is 0 Å². The molecule has 0 radical (unpaired) electrons. The van der Waals surface area contributed by atoms with Crippen LogP contribution in [-0.2, 0) is 15.0 Å². The van der Waals surface area contributed by atoms with E-state index in [1.54, 1.807) is 30.3 Å². The number of halogens is 3. The quantitative estimate of drug-likeness (QED) is 0.360. The SMILES string of the molecule is CC(C)(C)C[C@@H]1N[C@@H](C(=O)NCC[C@H](O)CO)[C@H](c2cccc(Cl)c2F)[C@]12C(=O)Nc1cc(Cl)ccc12. The van der Waals surface area contributed by atoms with E-state index < -0.39 is 47.9 Å². The largest absolute Gasteiger partial charge is 0.394 e. The molecule has 0 aromatic heterocycles. The molecule has 2 aliphatic heterocycles. The fraction of sp³-hybridized carbons (Fsp3) is 0.481. The Labute approximate surface area is 225 Å². The molecule has 2 aliphatic rings. The van der Waals surface area contributed by atoms with E-state index >= 15 is 4.39 Å². The number of hydrogen-bond acceptors (Lipinski definition) is 5. The average molecular weight is 552 g/mol. The predicted molar refractivity (Wildman–Crippen MR) is 141 cm³/mol. The van der Waals surface area contributed by atoms with Gasteiger partial charge in [-0.05, 0) is 47.6 Å². The highest BCUT2D eigenvalue weighted by atomic mass is 35.5. The zero-order chi connectivity index (χ0) is 27.1. The van der Waals surface area contributed by atoms with Gasteiger partial charge in [-0.3, -0.25) is 9.59 Å². The van der Waals surface area contributed by atoms with Gasteiger partial charge in [-0.15, -0.1) is 0 Å². The van der Waals surface area contributed by atoms with Crippen LogP contribution in [0.4, 0.5) is 10.1 Å². The van der Waals surface area contributed by atoms with Crippen LogP contribution in [0.1, 0.15) is 50.7 Å². The first-order valence-electron chi connectivity index (χ1n) is 12.3. The molecule has 2 aromatic carbocycles. The van der Waals surface area contributed by atoms with Gasteiger partial charge in [0.1, 0.15) is 11.2 Å². The number of carbonyl (C=O) groups excluding carboxylic acids is 2. The molecule has 5 atom stereocenters. The molecule has 1 saturated heterocycles. The molecule has 200 valence electrons. The highest BCUT2D eigenvalue weighted by Gasteiger charge is 2.66. The van der Waals surface area contributed by atoms with E-state index in [4.69, 9.17) is 28.3 Å². The van der Waals surface area contributed by atoms with E-state index in [2.05, 4.69) is 16.0 Å². The van der Waals surface area contributed by atoms with Gasteiger partial charge in [-0.2, -0.15) is 0 Å². The molecule has 1 fully saturated rings. The number of hydrogen-bond donors (Lipinski definition) is 5. The Morgan fingerprint density at radius 3 is 2.65 bits per heavy atom. The second-order valence-corrected chi connectivity index (χ2v) is 11.9. The van der Waals surface area contributed by atoms with Gasteiger partial charge in [0.05, 0.1) is 23.8 Å². The minimum Gasteiger partial charge on any atom is -0.394 e. The minimum absolute atomic E-state index is 0.0960. The Hall–Kier alpha value is -2.23. The van der Waals surface area contributed by atoms with Crippen LogP contribution >= 0.6 is 23.2 Å². The number of carbonyl (C=O) groups is 2. The molecule has 0 aliphatic carbocycles. The van der Waals surface area contributed by atoms with E-state index in [1.807, 2.05) is 20.8 Å². The van der Waals surface area contributed by atoms with Crippen LogP contribution in [0.3, 0.4) is 0 Å². The summed E-state index contributed by atoms with van der Waals surface area (Å²) >= 11 is 12.4. The van der Waals surface area contributed by atoms with Crippen molar-refractivity contribution in [3.8, 4) is 0 Å². The minimum atomic E-state index is -1.33. The number of rotatable bonds is 7. The van der Waals surface area contributed by atoms with Crippen molar-refractivity contribution in [3.05, 3.63) is 63.4 Å². The Bertz CT molecular complexity index is 1200. The fourth-order valence-electron chi connectivity index (χ4n) is 5.72. The maximum absolute atomic E-state index is 15.7. The van der Waals surface area contributed by atoms with Gasteiger partial charge in [-0.25, -0.2) is 4.39 Å². The van der Waals surface area contributed by atoms with Crippen molar-refractivity contribution in [2.75, 3.05) is 18.5 Å². The third kappa shape index (κ3) is 5.10. The summed E-state index contributed by atoms with van der Waals surface area (Å²) < 4.78 is 15.7. The third-order valence-electron chi connectivity index (χ3n) is 7.21. The number of anilines is 1. The van der Waals surface area contributed by atoms with E-state index in [9.17, 15) is 14.7 Å². The van der Waals surface area contributed by atoms with Crippen molar-refractivity contribution >= 4 is 40.7 Å². The van der Waals surface area contributed by atoms with Gasteiger partial charge < -0.3 is 26.2 Å². The highest BCUT2D eigenvalue weighted by Crippen LogP contribution is 2.57. The summed E-state index contributed by atoms with van der Waals surface area (Å²) in [5.41, 5.74) is -0.249. The van der Waals surface area contributed by atoms with Crippen LogP contribution in [0.5, 0.6) is 0 Å². The van der Waals surface area contributed by atoms with Crippen molar-refractivity contribution in [1.29, 1.82) is 0 Å². The second-order valence-electron chi connectivity index (χ2n) is 11.0. The molecule has 4 rings (SSSR count). The molecule has 10 heteroatoms. The molecule has 2 heterocycles. The van der Waals surface area contributed by atoms with E-state index in [0.29, 0.717) is 22.7 Å². The molecular formula is C27H32Cl2FN3O4. The van der Waals surface area contributed by atoms with Crippen molar-refractivity contribution in [3.63, 3.8) is 0 Å². The zero-order valence-corrected chi connectivity index (χ0v) is 22.5. The monoisotopic (exact) mass is 551 g/mol. The summed E-state index contributed by atoms with van der Waals surface area (Å²) in [4.78, 5) is 27.6. The molecule has 2 aromatic rings. The summed E-state index contributed by atoms with van der Waals surface area (Å²) in [7, 11) is 0. The molecular weight excluding hydrogens is 520 g/mol. The van der Waals surface area contributed by atoms with Crippen LogP contribution in [0.25, 0.3) is 0 Å². The smallest absolute Gasteiger partial charge is 0.237 e. The van der Waals surface area contributed by atoms with Gasteiger partial charge in [0, 0.05) is 29.2 Å². The Balaban J connectivity index is 1.90. The van der Waals surface area contributed by atoms with E-state index in [-0.39, 0.29) is 34.9 Å². The summed E-state index contributed by atoms with van der Waals surface area (Å²) in [6.45, 7) is 5.78. The van der Waals surface area contributed by atoms with Crippen LogP contribution in [0.15, 0.2) is 36.4 Å². The normalized spacial score (nSPS) is 25.7. The lowest BCUT2D eigenvalue weighted by Crippen LogP contribution is -2.49. The first-order valence-corrected chi connectivity index (χ1v) is 13.0. The lowest BCUT2D eigenvalue weighted by molar-refractivity contribution is -0.124. The van der Waals surface area contributed by atoms with Crippen LogP contribution in [0.2, 0.25) is 10.0 Å². The average Bonchev–Trinajstić information content (AvgIpc) is 3.29. The lowest BCUT2D eigenvalue weighted by atomic mass is 9.62. The third-order valence-corrected chi connectivity index (χ3v) is 7.74. The molecule has 5 N–H and O–H groups in total. The van der Waals surface area contributed by atoms with E-state index in [1.165, 1.54) is 6.07 Å². The number of fused-ring (bicyclic) bond motifs is 2. The Morgan fingerprint density at radius 1 is 1.24 bits per heavy atom. The molecule has 0 unspecified atom stereocenters. The fourth-order valence-corrected chi connectivity index (χ4v) is 6.07. The molecule has 1 spiro atoms. The maximum Gasteiger partial charge on any atom is 0.237 e. The van der Waals surface area contributed by atoms with Crippen LogP contribution < -0.4 is 16.0 Å². The zero-order valence-electron chi connectivity index (χ0n) is 20.9. The van der Waals surface area contributed by atoms with Gasteiger partial charge in [0.15, 0.2) is 0 Å². The standard InChI is InChI=1S/C27H32Cl2FN3O4/c1-26(2,3)12-20-27(17-8-7-14(28)11-19(17)32-25(27)37)21(16-5-4-6-18(29)22(16)30)23(33-20)24(36)31-10-9-15(35)13-34/h4-8,11,15,20-21,23,33-35H,9-10,12-13H2,1-3H3,(H,31,36)(H,32,37)/t15-,20-,21-,23+,27+/m0/s1. The first-order chi connectivity index (χ1) is 17.4. The topological polar surface area (TPSA) is 111 Å². The lowest BCUT2D eigenvalue weighted by Gasteiger charge is -2.37. The summed E-state index contributed by atoms with van der Waals surface area (Å²) in [5, 5.41) is 28.2. The summed E-state index contributed by atoms with van der Waals surface area (Å²) in [5.74, 6) is -2.42. The van der Waals surface area contributed by atoms with Crippen molar-refractivity contribution < 1.29 is 24.2 Å². The molecule has 7 nitrogen and oxygen atoms in total. The molecule has 2 amide bonds. The van der Waals surface area contributed by atoms with Gasteiger partial charge in [-0.1, -0.05) is 62.2 Å². The highest BCUT2D eigenvalue weighted by molar-refractivity contribution is 6.31. The summed E-state index contributed by atoms with van der Waals surface area (Å²) in [6, 6.07) is 8.18. The predicted octanol–water partition coefficient (Wildman–Crippen LogP) is 3.74. The van der Waals surface area contributed by atoms with Crippen molar-refractivity contribution in [1.82, 2.24) is 10.6 Å². The number of aliphatic hydroxyl groups excluding tert-OH is 2. The first kappa shape index (κ1) is 27.8. The Kier molecular flexibility index (Phi) is 7.89. The number of amides is 2. The molecule has 37 heavy (non-hydrogen) atoms. The number of nitrogens with one attached hydrogen (secondary N) is 3. The number of benzene rings is 2. The maximum atomic E-state index is 15.7. The van der Waals surface area contributed by atoms with Gasteiger partial charge in [0.2, 0.25) is 11.8 Å². The Morgan fingerprint density at radius 2 is 1.97 bits per heavy atom. The van der Waals surface area contributed by atoms with E-state index in [0.717, 1.165) is 0 Å². The van der Waals surface area contributed by atoms with Crippen LogP contribution in [-0.4, -0.2) is 53.4 Å². The molecule has 0 saturated carbocycles. The molecule has 0 bridgehead atoms. The summed E-state index contributed by atoms with van der Waals surface area (Å²) in [6.07, 6.45) is -0.326. The van der Waals surface area contributed by atoms with Gasteiger partial charge >= 0.3 is 0 Å². The van der Waals surface area contributed by atoms with Crippen LogP contribution in [0, 0.1) is 11.2 Å². The number of aliphatic hydroxyl groups is 2. The second kappa shape index (κ2) is 10.5.